The fraction of sp³-hybridized carbons (Fsp3) is 0.333. The number of nitrogens with one attached hydrogen (secondary N) is 1. The van der Waals surface area contributed by atoms with Gasteiger partial charge in [-0.25, -0.2) is 0 Å². The molecule has 6 heteroatoms. The van der Waals surface area contributed by atoms with E-state index in [2.05, 4.69) is 21.2 Å². The molecule has 1 aromatic carbocycles. The van der Waals surface area contributed by atoms with Crippen LogP contribution in [-0.2, 0) is 0 Å². The summed E-state index contributed by atoms with van der Waals surface area (Å²) in [5.41, 5.74) is 0.524. The van der Waals surface area contributed by atoms with Crippen molar-refractivity contribution in [1.29, 1.82) is 0 Å². The molecule has 0 bridgehead atoms. The highest BCUT2D eigenvalue weighted by molar-refractivity contribution is 9.09. The molecule has 1 N–H and O–H groups in total. The number of halogens is 1. The van der Waals surface area contributed by atoms with Crippen molar-refractivity contribution in [2.75, 3.05) is 24.3 Å². The standard InChI is InChI=1S/C9H11BrN2O3/c1-15-7-2-3-8(11-5-4-10)9(6-7)12(13)14/h2-3,6,11H,4-5H2,1H3. The number of benzene rings is 1. The van der Waals surface area contributed by atoms with Gasteiger partial charge in [0.2, 0.25) is 0 Å². The van der Waals surface area contributed by atoms with Crippen molar-refractivity contribution in [3.8, 4) is 5.75 Å². The molecular formula is C9H11BrN2O3. The third kappa shape index (κ3) is 3.09. The molecule has 0 aromatic heterocycles. The highest BCUT2D eigenvalue weighted by atomic mass is 79.9. The Bertz CT molecular complexity index is 357. The third-order valence-corrected chi connectivity index (χ3v) is 2.21. The summed E-state index contributed by atoms with van der Waals surface area (Å²) in [7, 11) is 1.48. The van der Waals surface area contributed by atoms with E-state index >= 15 is 0 Å². The van der Waals surface area contributed by atoms with Crippen LogP contribution in [0.3, 0.4) is 0 Å². The van der Waals surface area contributed by atoms with Crippen molar-refractivity contribution in [2.45, 2.75) is 0 Å². The van der Waals surface area contributed by atoms with Crippen LogP contribution in [0.25, 0.3) is 0 Å². The highest BCUT2D eigenvalue weighted by Crippen LogP contribution is 2.28. The number of alkyl halides is 1. The van der Waals surface area contributed by atoms with Gasteiger partial charge in [0.1, 0.15) is 11.4 Å². The van der Waals surface area contributed by atoms with Crippen molar-refractivity contribution in [3.05, 3.63) is 28.3 Å². The van der Waals surface area contributed by atoms with E-state index in [0.29, 0.717) is 18.0 Å². The van der Waals surface area contributed by atoms with Crippen LogP contribution in [0.4, 0.5) is 11.4 Å². The maximum Gasteiger partial charge on any atom is 0.296 e. The van der Waals surface area contributed by atoms with Gasteiger partial charge in [-0.15, -0.1) is 0 Å². The average molecular weight is 275 g/mol. The normalized spacial score (nSPS) is 9.73. The van der Waals surface area contributed by atoms with Gasteiger partial charge in [0.15, 0.2) is 0 Å². The smallest absolute Gasteiger partial charge is 0.296 e. The second-order valence-corrected chi connectivity index (χ2v) is 3.55. The monoisotopic (exact) mass is 274 g/mol. The zero-order valence-electron chi connectivity index (χ0n) is 8.20. The van der Waals surface area contributed by atoms with Crippen LogP contribution in [-0.4, -0.2) is 23.9 Å². The number of rotatable bonds is 5. The summed E-state index contributed by atoms with van der Waals surface area (Å²) in [6.45, 7) is 0.632. The van der Waals surface area contributed by atoms with Gasteiger partial charge in [0, 0.05) is 11.9 Å². The van der Waals surface area contributed by atoms with E-state index in [9.17, 15) is 10.1 Å². The summed E-state index contributed by atoms with van der Waals surface area (Å²) >= 11 is 3.24. The largest absolute Gasteiger partial charge is 0.496 e. The van der Waals surface area contributed by atoms with Crippen LogP contribution in [0.15, 0.2) is 18.2 Å². The van der Waals surface area contributed by atoms with E-state index in [-0.39, 0.29) is 5.69 Å². The minimum atomic E-state index is -0.431. The molecule has 0 atom stereocenters. The predicted octanol–water partition coefficient (Wildman–Crippen LogP) is 2.41. The molecular weight excluding hydrogens is 264 g/mol. The van der Waals surface area contributed by atoms with Crippen molar-refractivity contribution < 1.29 is 9.66 Å². The van der Waals surface area contributed by atoms with E-state index in [1.165, 1.54) is 13.2 Å². The van der Waals surface area contributed by atoms with Crippen LogP contribution in [0, 0.1) is 10.1 Å². The molecule has 5 nitrogen and oxygen atoms in total. The molecule has 0 saturated carbocycles. The Hall–Kier alpha value is -1.30. The lowest BCUT2D eigenvalue weighted by molar-refractivity contribution is -0.384. The number of nitrogens with zero attached hydrogens (tertiary/aromatic N) is 1. The molecule has 0 heterocycles. The number of nitro benzene ring substituents is 1. The molecule has 1 aromatic rings. The molecule has 0 radical (unpaired) electrons. The Labute approximate surface area is 95.7 Å². The summed E-state index contributed by atoms with van der Waals surface area (Å²) in [5, 5.41) is 14.4. The van der Waals surface area contributed by atoms with Gasteiger partial charge in [-0.2, -0.15) is 0 Å². The first-order valence-electron chi connectivity index (χ1n) is 4.31. The van der Waals surface area contributed by atoms with Gasteiger partial charge in [0.25, 0.3) is 5.69 Å². The number of ether oxygens (including phenoxy) is 1. The Balaban J connectivity index is 2.98. The van der Waals surface area contributed by atoms with Crippen LogP contribution < -0.4 is 10.1 Å². The van der Waals surface area contributed by atoms with Crippen LogP contribution >= 0.6 is 15.9 Å². The van der Waals surface area contributed by atoms with E-state index in [1.54, 1.807) is 12.1 Å². The van der Waals surface area contributed by atoms with Crippen molar-refractivity contribution in [1.82, 2.24) is 0 Å². The summed E-state index contributed by atoms with van der Waals surface area (Å²) < 4.78 is 4.92. The molecule has 15 heavy (non-hydrogen) atoms. The lowest BCUT2D eigenvalue weighted by atomic mass is 10.2. The van der Waals surface area contributed by atoms with Gasteiger partial charge in [-0.3, -0.25) is 10.1 Å². The minimum Gasteiger partial charge on any atom is -0.496 e. The fourth-order valence-electron chi connectivity index (χ4n) is 1.12. The first-order valence-corrected chi connectivity index (χ1v) is 5.43. The average Bonchev–Trinajstić information content (AvgIpc) is 2.26. The van der Waals surface area contributed by atoms with Gasteiger partial charge in [0.05, 0.1) is 18.1 Å². The van der Waals surface area contributed by atoms with Gasteiger partial charge in [-0.05, 0) is 12.1 Å². The third-order valence-electron chi connectivity index (χ3n) is 1.81. The van der Waals surface area contributed by atoms with Crippen LogP contribution in [0.2, 0.25) is 0 Å². The van der Waals surface area contributed by atoms with E-state index in [0.717, 1.165) is 5.33 Å². The summed E-state index contributed by atoms with van der Waals surface area (Å²) in [5.74, 6) is 0.478. The number of anilines is 1. The molecule has 0 spiro atoms. The van der Waals surface area contributed by atoms with Crippen molar-refractivity contribution in [3.63, 3.8) is 0 Å². The number of hydrogen-bond donors (Lipinski definition) is 1. The first-order chi connectivity index (χ1) is 7.19. The number of methoxy groups -OCH3 is 1. The van der Waals surface area contributed by atoms with Crippen LogP contribution in [0.5, 0.6) is 5.75 Å². The predicted molar refractivity (Wildman–Crippen MR) is 61.9 cm³/mol. The van der Waals surface area contributed by atoms with Gasteiger partial charge in [-0.1, -0.05) is 15.9 Å². The molecule has 0 unspecified atom stereocenters. The Morgan fingerprint density at radius 2 is 2.33 bits per heavy atom. The molecule has 0 saturated heterocycles. The lowest BCUT2D eigenvalue weighted by Gasteiger charge is -2.06. The van der Waals surface area contributed by atoms with Crippen molar-refractivity contribution >= 4 is 27.3 Å². The lowest BCUT2D eigenvalue weighted by Crippen LogP contribution is -2.05. The maximum atomic E-state index is 10.8. The number of nitro groups is 1. The van der Waals surface area contributed by atoms with Gasteiger partial charge < -0.3 is 10.1 Å². The van der Waals surface area contributed by atoms with E-state index in [4.69, 9.17) is 4.74 Å². The highest BCUT2D eigenvalue weighted by Gasteiger charge is 2.14. The molecule has 0 aliphatic heterocycles. The molecule has 82 valence electrons. The Kier molecular flexibility index (Phi) is 4.36. The SMILES string of the molecule is COc1ccc(NCCBr)c([N+](=O)[O-])c1. The zero-order valence-corrected chi connectivity index (χ0v) is 9.78. The molecule has 1 rings (SSSR count). The quantitative estimate of drug-likeness (QED) is 0.509. The van der Waals surface area contributed by atoms with E-state index in [1.807, 2.05) is 0 Å². The molecule has 0 aliphatic carbocycles. The second kappa shape index (κ2) is 5.55. The minimum absolute atomic E-state index is 0.0234. The van der Waals surface area contributed by atoms with Gasteiger partial charge >= 0.3 is 0 Å². The fourth-order valence-corrected chi connectivity index (χ4v) is 1.32. The van der Waals surface area contributed by atoms with Crippen molar-refractivity contribution in [2.24, 2.45) is 0 Å². The van der Waals surface area contributed by atoms with E-state index < -0.39 is 4.92 Å². The Morgan fingerprint density at radius 1 is 1.60 bits per heavy atom. The Morgan fingerprint density at radius 3 is 2.87 bits per heavy atom. The van der Waals surface area contributed by atoms with Crippen LogP contribution in [0.1, 0.15) is 0 Å². The molecule has 0 amide bonds. The summed E-state index contributed by atoms with van der Waals surface area (Å²) in [4.78, 5) is 10.3. The second-order valence-electron chi connectivity index (χ2n) is 2.76. The first kappa shape index (κ1) is 11.8. The molecule has 0 fully saturated rings. The maximum absolute atomic E-state index is 10.8. The summed E-state index contributed by atoms with van der Waals surface area (Å²) in [6, 6.07) is 4.72. The number of hydrogen-bond acceptors (Lipinski definition) is 4. The summed E-state index contributed by atoms with van der Waals surface area (Å²) in [6.07, 6.45) is 0. The molecule has 0 aliphatic rings. The topological polar surface area (TPSA) is 64.4 Å². The zero-order chi connectivity index (χ0) is 11.3.